The number of alkyl halides is 2. The first-order chi connectivity index (χ1) is 20.1. The number of halogens is 1. The summed E-state index contributed by atoms with van der Waals surface area (Å²) < 4.78 is 2.92. The van der Waals surface area contributed by atoms with E-state index in [9.17, 15) is 0 Å². The van der Waals surface area contributed by atoms with Crippen molar-refractivity contribution in [3.63, 3.8) is 0 Å². The zero-order valence-electron chi connectivity index (χ0n) is 24.1. The van der Waals surface area contributed by atoms with E-state index >= 15 is 0 Å². The van der Waals surface area contributed by atoms with Gasteiger partial charge in [0.15, 0.2) is 0 Å². The van der Waals surface area contributed by atoms with Gasteiger partial charge in [-0.15, -0.1) is 0 Å². The summed E-state index contributed by atoms with van der Waals surface area (Å²) in [6.45, 7) is 8.54. The van der Waals surface area contributed by atoms with Gasteiger partial charge in [-0.05, 0) is 6.42 Å². The molecular formula is C38H37IN2. The molecule has 1 aliphatic heterocycles. The Morgan fingerprint density at radius 1 is 0.927 bits per heavy atom. The number of hydrogen-bond acceptors (Lipinski definition) is 2. The summed E-state index contributed by atoms with van der Waals surface area (Å²) in [6, 6.07) is 23.5. The SMILES string of the molecule is C=C/C(=C\C=C\C1C=CC=CI1C)c1nc(-c2ccccc2)cc(-c2cc(CC)c(/C=C\CC)c3ccccc23)n1. The number of fused-ring (bicyclic) bond motifs is 1. The fourth-order valence-corrected chi connectivity index (χ4v) is 8.23. The molecule has 5 rings (SSSR count). The quantitative estimate of drug-likeness (QED) is 0.103. The van der Waals surface area contributed by atoms with E-state index in [1.54, 1.807) is 0 Å². The van der Waals surface area contributed by atoms with Crippen molar-refractivity contribution in [3.8, 4) is 22.5 Å². The van der Waals surface area contributed by atoms with Crippen LogP contribution >= 0.6 is 19.8 Å². The molecule has 41 heavy (non-hydrogen) atoms. The summed E-state index contributed by atoms with van der Waals surface area (Å²) >= 11 is -1.12. The topological polar surface area (TPSA) is 25.8 Å². The third-order valence-corrected chi connectivity index (χ3v) is 11.9. The Labute approximate surface area is 252 Å². The van der Waals surface area contributed by atoms with Crippen LogP contribution in [-0.4, -0.2) is 18.8 Å². The predicted molar refractivity (Wildman–Crippen MR) is 188 cm³/mol. The summed E-state index contributed by atoms with van der Waals surface area (Å²) in [5.41, 5.74) is 7.55. The Kier molecular flexibility index (Phi) is 9.58. The van der Waals surface area contributed by atoms with Gasteiger partial charge in [0.2, 0.25) is 0 Å². The molecule has 1 aliphatic rings. The molecule has 0 radical (unpaired) electrons. The minimum absolute atomic E-state index is 0.526. The van der Waals surface area contributed by atoms with E-state index in [2.05, 4.69) is 139 Å². The Hall–Kier alpha value is -3.83. The summed E-state index contributed by atoms with van der Waals surface area (Å²) in [4.78, 5) is 12.6. The van der Waals surface area contributed by atoms with Crippen LogP contribution in [0.1, 0.15) is 37.2 Å². The summed E-state index contributed by atoms with van der Waals surface area (Å²) in [5, 5.41) is 2.45. The molecule has 0 bridgehead atoms. The predicted octanol–water partition coefficient (Wildman–Crippen LogP) is 10.7. The Bertz CT molecular complexity index is 1690. The van der Waals surface area contributed by atoms with Crippen molar-refractivity contribution in [1.82, 2.24) is 9.97 Å². The fraction of sp³-hybridized carbons (Fsp3) is 0.158. The van der Waals surface area contributed by atoms with Crippen LogP contribution in [-0.2, 0) is 6.42 Å². The molecule has 1 aromatic heterocycles. The van der Waals surface area contributed by atoms with E-state index in [1.165, 1.54) is 21.9 Å². The number of benzene rings is 3. The minimum atomic E-state index is -1.12. The van der Waals surface area contributed by atoms with Gasteiger partial charge in [0.05, 0.1) is 0 Å². The van der Waals surface area contributed by atoms with Crippen molar-refractivity contribution < 1.29 is 0 Å². The van der Waals surface area contributed by atoms with Crippen LogP contribution in [0.3, 0.4) is 0 Å². The first-order valence-corrected chi connectivity index (χ1v) is 18.9. The van der Waals surface area contributed by atoms with Crippen LogP contribution in [0, 0.1) is 0 Å². The molecule has 2 heterocycles. The second kappa shape index (κ2) is 13.7. The summed E-state index contributed by atoms with van der Waals surface area (Å²) in [7, 11) is 0. The van der Waals surface area contributed by atoms with Gasteiger partial charge in [0.1, 0.15) is 0 Å². The van der Waals surface area contributed by atoms with Gasteiger partial charge in [-0.25, -0.2) is 0 Å². The maximum absolute atomic E-state index is 5.18. The third-order valence-electron chi connectivity index (χ3n) is 7.27. The second-order valence-electron chi connectivity index (χ2n) is 9.96. The van der Waals surface area contributed by atoms with Gasteiger partial charge in [0.25, 0.3) is 0 Å². The van der Waals surface area contributed by atoms with Gasteiger partial charge in [-0.3, -0.25) is 0 Å². The van der Waals surface area contributed by atoms with Crippen LogP contribution in [0.25, 0.3) is 44.9 Å². The molecule has 0 spiro atoms. The van der Waals surface area contributed by atoms with Gasteiger partial charge in [-0.2, -0.15) is 0 Å². The van der Waals surface area contributed by atoms with Gasteiger partial charge in [-0.1, -0.05) is 32.1 Å². The first kappa shape index (κ1) is 28.7. The molecule has 1 atom stereocenters. The van der Waals surface area contributed by atoms with E-state index in [1.807, 2.05) is 12.1 Å². The molecule has 0 saturated heterocycles. The third kappa shape index (κ3) is 6.57. The maximum atomic E-state index is 5.18. The first-order valence-electron chi connectivity index (χ1n) is 14.2. The van der Waals surface area contributed by atoms with Crippen molar-refractivity contribution in [2.75, 3.05) is 4.93 Å². The number of allylic oxidation sites excluding steroid dienone is 9. The Morgan fingerprint density at radius 3 is 2.41 bits per heavy atom. The van der Waals surface area contributed by atoms with Crippen molar-refractivity contribution in [3.05, 3.63) is 143 Å². The van der Waals surface area contributed by atoms with Gasteiger partial charge < -0.3 is 0 Å². The Morgan fingerprint density at radius 2 is 1.68 bits per heavy atom. The molecular weight excluding hydrogens is 611 g/mol. The molecule has 0 fully saturated rings. The van der Waals surface area contributed by atoms with E-state index in [4.69, 9.17) is 9.97 Å². The number of hydrogen-bond donors (Lipinski definition) is 0. The van der Waals surface area contributed by atoms with Crippen LogP contribution < -0.4 is 0 Å². The number of nitrogens with zero attached hydrogens (tertiary/aromatic N) is 2. The van der Waals surface area contributed by atoms with Crippen LogP contribution in [0.15, 0.2) is 126 Å². The fourth-order valence-electron chi connectivity index (χ4n) is 5.07. The average Bonchev–Trinajstić information content (AvgIpc) is 3.02. The molecule has 0 saturated carbocycles. The van der Waals surface area contributed by atoms with Gasteiger partial charge >= 0.3 is 215 Å². The van der Waals surface area contributed by atoms with E-state index < -0.39 is 19.8 Å². The molecule has 3 heteroatoms. The Balaban J connectivity index is 1.68. The molecule has 0 amide bonds. The number of aryl methyl sites for hydroxylation is 1. The molecule has 3 aromatic carbocycles. The molecule has 2 nitrogen and oxygen atoms in total. The summed E-state index contributed by atoms with van der Waals surface area (Å²) in [6.07, 6.45) is 21.5. The van der Waals surface area contributed by atoms with Crippen molar-refractivity contribution in [2.24, 2.45) is 0 Å². The molecule has 206 valence electrons. The molecule has 4 aromatic rings. The standard InChI is InChI=1S/C38H37IN2/c1-5-8-22-32-29(7-3)26-35(34-24-13-12-23-33(32)34)37-27-36(30-17-10-9-11-18-30)40-38(41-37)28(6-2)19-16-21-31-20-14-15-25-39(31)4/h6,8-27,31H,2,5,7H2,1,3-4H3/b21-16+,22-8-,28-19+. The van der Waals surface area contributed by atoms with E-state index in [0.29, 0.717) is 9.75 Å². The van der Waals surface area contributed by atoms with Crippen molar-refractivity contribution in [1.29, 1.82) is 0 Å². The van der Waals surface area contributed by atoms with Crippen LogP contribution in [0.2, 0.25) is 0 Å². The molecule has 0 aliphatic carbocycles. The molecule has 1 unspecified atom stereocenters. The van der Waals surface area contributed by atoms with Crippen LogP contribution in [0.5, 0.6) is 0 Å². The number of rotatable bonds is 9. The van der Waals surface area contributed by atoms with E-state index in [-0.39, 0.29) is 0 Å². The van der Waals surface area contributed by atoms with Crippen molar-refractivity contribution >= 4 is 42.2 Å². The zero-order chi connectivity index (χ0) is 28.6. The van der Waals surface area contributed by atoms with Gasteiger partial charge in [0, 0.05) is 0 Å². The molecule has 0 N–H and O–H groups in total. The number of aromatic nitrogens is 2. The van der Waals surface area contributed by atoms with E-state index in [0.717, 1.165) is 40.9 Å². The zero-order valence-corrected chi connectivity index (χ0v) is 26.3. The average molecular weight is 649 g/mol. The van der Waals surface area contributed by atoms with Crippen molar-refractivity contribution in [2.45, 2.75) is 30.6 Å². The normalized spacial score (nSPS) is 16.3. The second-order valence-corrected chi connectivity index (χ2v) is 15.3. The summed E-state index contributed by atoms with van der Waals surface area (Å²) in [5.74, 6) is 0.684. The monoisotopic (exact) mass is 648 g/mol. The van der Waals surface area contributed by atoms with Crippen LogP contribution in [0.4, 0.5) is 0 Å².